The van der Waals surface area contributed by atoms with E-state index in [2.05, 4.69) is 5.32 Å². The number of carbonyl (C=O) groups is 4. The second kappa shape index (κ2) is 9.72. The molecule has 188 valence electrons. The average molecular weight is 533 g/mol. The van der Waals surface area contributed by atoms with Crippen molar-refractivity contribution in [2.45, 2.75) is 23.2 Å². The molecular weight excluding hydrogens is 512 g/mol. The predicted octanol–water partition coefficient (Wildman–Crippen LogP) is -0.902. The molecule has 36 heavy (non-hydrogen) atoms. The van der Waals surface area contributed by atoms with Crippen LogP contribution in [-0.2, 0) is 31.0 Å². The second-order valence-corrected chi connectivity index (χ2v) is 10.6. The summed E-state index contributed by atoms with van der Waals surface area (Å²) in [6.07, 6.45) is 3.11. The van der Waals surface area contributed by atoms with Crippen LogP contribution in [0.25, 0.3) is 0 Å². The Labute approximate surface area is 209 Å². The molecule has 0 saturated carbocycles. The fourth-order valence-electron chi connectivity index (χ4n) is 4.06. The number of benzene rings is 1. The molecule has 4 N–H and O–H groups in total. The quantitative estimate of drug-likeness (QED) is 0.220. The van der Waals surface area contributed by atoms with Crippen LogP contribution < -0.4 is 15.6 Å². The van der Waals surface area contributed by atoms with Gasteiger partial charge in [0, 0.05) is 23.5 Å². The maximum Gasteiger partial charge on any atom is 0.352 e. The van der Waals surface area contributed by atoms with Crippen LogP contribution in [0.5, 0.6) is 0 Å². The molecule has 3 amide bonds. The Morgan fingerprint density at radius 3 is 2.39 bits per heavy atom. The summed E-state index contributed by atoms with van der Waals surface area (Å²) >= 11 is 1.19. The number of aliphatic carboxylic acids is 1. The molecular formula is C22H20N4O8S2. The number of carboxylic acids is 1. The molecule has 2 aliphatic rings. The van der Waals surface area contributed by atoms with Gasteiger partial charge >= 0.3 is 5.97 Å². The Morgan fingerprint density at radius 2 is 1.83 bits per heavy atom. The number of nitrogens with one attached hydrogen (secondary N) is 1. The zero-order valence-corrected chi connectivity index (χ0v) is 20.1. The minimum atomic E-state index is -5.10. The van der Waals surface area contributed by atoms with E-state index in [1.165, 1.54) is 48.2 Å². The molecule has 1 aromatic heterocycles. The van der Waals surface area contributed by atoms with E-state index < -0.39 is 50.5 Å². The number of hydrogen-bond donors (Lipinski definition) is 3. The van der Waals surface area contributed by atoms with Crippen LogP contribution in [0.15, 0.2) is 66.1 Å². The summed E-state index contributed by atoms with van der Waals surface area (Å²) in [5.74, 6) is -3.64. The van der Waals surface area contributed by atoms with Crippen LogP contribution in [0.1, 0.15) is 21.2 Å². The van der Waals surface area contributed by atoms with Crippen molar-refractivity contribution >= 4 is 45.6 Å². The van der Waals surface area contributed by atoms with E-state index in [1.807, 2.05) is 0 Å². The Hall–Kier alpha value is -3.75. The maximum atomic E-state index is 12.9. The van der Waals surface area contributed by atoms with Crippen LogP contribution in [0.2, 0.25) is 0 Å². The fourth-order valence-corrected chi connectivity index (χ4v) is 6.21. The topological polar surface area (TPSA) is 191 Å². The van der Waals surface area contributed by atoms with Gasteiger partial charge in [-0.25, -0.2) is 17.8 Å². The average Bonchev–Trinajstić information content (AvgIpc) is 2.82. The van der Waals surface area contributed by atoms with E-state index in [0.29, 0.717) is 5.57 Å². The van der Waals surface area contributed by atoms with Crippen molar-refractivity contribution in [3.8, 4) is 0 Å². The van der Waals surface area contributed by atoms with Crippen molar-refractivity contribution in [3.63, 3.8) is 0 Å². The third-order valence-corrected chi connectivity index (χ3v) is 8.13. The predicted molar refractivity (Wildman–Crippen MR) is 124 cm³/mol. The van der Waals surface area contributed by atoms with Crippen LogP contribution in [0, 0.1) is 0 Å². The smallest absolute Gasteiger partial charge is 0.352 e. The molecule has 0 bridgehead atoms. The Balaban J connectivity index is 1.54. The second-order valence-electron chi connectivity index (χ2n) is 8.06. The number of carbonyl (C=O) groups excluding carboxylic acids is 3. The summed E-state index contributed by atoms with van der Waals surface area (Å²) < 4.78 is 37.1. The molecule has 2 aliphatic heterocycles. The summed E-state index contributed by atoms with van der Waals surface area (Å²) in [5, 5.41) is 9.29. The molecule has 1 saturated heterocycles. The van der Waals surface area contributed by atoms with Gasteiger partial charge in [0.1, 0.15) is 27.2 Å². The number of pyridine rings is 1. The molecule has 1 unspecified atom stereocenters. The first-order chi connectivity index (χ1) is 17.0. The molecule has 0 aliphatic carbocycles. The minimum Gasteiger partial charge on any atom is -0.747 e. The minimum absolute atomic E-state index is 0.0438. The number of rotatable bonds is 8. The van der Waals surface area contributed by atoms with Gasteiger partial charge < -0.3 is 20.7 Å². The lowest BCUT2D eigenvalue weighted by molar-refractivity contribution is -0.689. The van der Waals surface area contributed by atoms with E-state index in [-0.39, 0.29) is 29.1 Å². The van der Waals surface area contributed by atoms with Gasteiger partial charge in [0.15, 0.2) is 24.2 Å². The van der Waals surface area contributed by atoms with Gasteiger partial charge in [-0.2, -0.15) is 0 Å². The number of nitrogens with two attached hydrogens (primary N) is 1. The fraction of sp³-hybridized carbons (Fsp3) is 0.227. The van der Waals surface area contributed by atoms with Crippen molar-refractivity contribution in [1.29, 1.82) is 0 Å². The van der Waals surface area contributed by atoms with E-state index in [4.69, 9.17) is 5.73 Å². The largest absolute Gasteiger partial charge is 0.747 e. The number of carboxylic acid groups (broad SMARTS) is 1. The van der Waals surface area contributed by atoms with Gasteiger partial charge in [-0.15, -0.1) is 11.8 Å². The third kappa shape index (κ3) is 4.82. The number of aromatic nitrogens is 1. The van der Waals surface area contributed by atoms with Crippen molar-refractivity contribution in [2.24, 2.45) is 5.73 Å². The molecule has 14 heteroatoms. The number of thioether (sulfide) groups is 1. The Bertz CT molecular complexity index is 1380. The monoisotopic (exact) mass is 532 g/mol. The lowest BCUT2D eigenvalue weighted by atomic mass is 10.0. The molecule has 3 heterocycles. The van der Waals surface area contributed by atoms with Gasteiger partial charge in [0.2, 0.25) is 11.8 Å². The third-order valence-electron chi connectivity index (χ3n) is 5.73. The zero-order valence-electron chi connectivity index (χ0n) is 18.4. The summed E-state index contributed by atoms with van der Waals surface area (Å²) in [6.45, 7) is 0.117. The highest BCUT2D eigenvalue weighted by molar-refractivity contribution is 8.00. The van der Waals surface area contributed by atoms with Gasteiger partial charge in [-0.3, -0.25) is 19.3 Å². The van der Waals surface area contributed by atoms with Crippen molar-refractivity contribution in [2.75, 3.05) is 5.75 Å². The normalized spacial score (nSPS) is 20.2. The molecule has 1 fully saturated rings. The van der Waals surface area contributed by atoms with E-state index in [1.54, 1.807) is 23.0 Å². The van der Waals surface area contributed by atoms with Crippen LogP contribution >= 0.6 is 11.8 Å². The highest BCUT2D eigenvalue weighted by atomic mass is 32.2. The summed E-state index contributed by atoms with van der Waals surface area (Å²) in [4.78, 5) is 50.0. The van der Waals surface area contributed by atoms with Gasteiger partial charge in [0.05, 0.1) is 5.56 Å². The number of primary amides is 1. The number of fused-ring (bicyclic) bond motifs is 1. The lowest BCUT2D eigenvalue weighted by Gasteiger charge is -2.49. The number of hydrogen-bond acceptors (Lipinski definition) is 8. The molecule has 1 aromatic carbocycles. The van der Waals surface area contributed by atoms with Gasteiger partial charge in [-0.05, 0) is 5.56 Å². The SMILES string of the molecule is NC(=O)c1cc[n+](CC2=C(C(=O)O)N3C(=O)[C@@H](NC(=O)C(c4ccccc4)S(=O)(=O)[O-])[C@H]3SC2)cc1. The van der Waals surface area contributed by atoms with Gasteiger partial charge in [-0.1, -0.05) is 30.3 Å². The summed E-state index contributed by atoms with van der Waals surface area (Å²) in [6, 6.07) is 8.92. The first kappa shape index (κ1) is 25.3. The highest BCUT2D eigenvalue weighted by Gasteiger charge is 2.55. The van der Waals surface area contributed by atoms with Crippen molar-refractivity contribution in [1.82, 2.24) is 10.2 Å². The number of amides is 3. The number of β-lactam (4-membered cyclic amide) rings is 1. The zero-order chi connectivity index (χ0) is 26.2. The summed E-state index contributed by atoms with van der Waals surface area (Å²) in [5.41, 5.74) is 5.64. The van der Waals surface area contributed by atoms with Crippen molar-refractivity contribution < 1.29 is 41.8 Å². The molecule has 4 rings (SSSR count). The van der Waals surface area contributed by atoms with Gasteiger partial charge in [0.25, 0.3) is 5.91 Å². The molecule has 2 aromatic rings. The molecule has 12 nitrogen and oxygen atoms in total. The molecule has 0 spiro atoms. The Morgan fingerprint density at radius 1 is 1.19 bits per heavy atom. The Kier molecular flexibility index (Phi) is 6.84. The number of nitrogens with zero attached hydrogens (tertiary/aromatic N) is 2. The standard InChI is InChI=1S/C22H20N4O8S2/c23-18(27)13-6-8-25(9-7-13)10-14-11-35-21-15(20(29)26(21)16(14)22(30)31)24-19(28)17(36(32,33)34)12-4-2-1-3-5-12/h1-9,15,17,21H,10-11H2,(H4-,23,24,27,28,30,31,32,33,34)/t15-,17?,21-/m1/s1. The lowest BCUT2D eigenvalue weighted by Crippen LogP contribution is -2.71. The molecule has 0 radical (unpaired) electrons. The van der Waals surface area contributed by atoms with Crippen LogP contribution in [0.4, 0.5) is 0 Å². The summed E-state index contributed by atoms with van der Waals surface area (Å²) in [7, 11) is -5.10. The van der Waals surface area contributed by atoms with E-state index in [0.717, 1.165) is 4.90 Å². The first-order valence-corrected chi connectivity index (χ1v) is 13.0. The maximum absolute atomic E-state index is 12.9. The van der Waals surface area contributed by atoms with E-state index >= 15 is 0 Å². The van der Waals surface area contributed by atoms with E-state index in [9.17, 15) is 37.3 Å². The molecule has 3 atom stereocenters. The van der Waals surface area contributed by atoms with Crippen LogP contribution in [-0.4, -0.2) is 63.8 Å². The highest BCUT2D eigenvalue weighted by Crippen LogP contribution is 2.40. The van der Waals surface area contributed by atoms with Crippen molar-refractivity contribution in [3.05, 3.63) is 77.3 Å². The first-order valence-electron chi connectivity index (χ1n) is 10.5. The van der Waals surface area contributed by atoms with Crippen LogP contribution in [0.3, 0.4) is 0 Å².